The number of piperidine rings is 1. The van der Waals surface area contributed by atoms with Gasteiger partial charge in [0.25, 0.3) is 5.91 Å². The summed E-state index contributed by atoms with van der Waals surface area (Å²) in [4.78, 5) is 28.3. The Hall–Kier alpha value is -2.47. The highest BCUT2D eigenvalue weighted by molar-refractivity contribution is 5.92. The molecule has 0 radical (unpaired) electrons. The summed E-state index contributed by atoms with van der Waals surface area (Å²) in [5.74, 6) is 0.798. The van der Waals surface area contributed by atoms with Gasteiger partial charge in [0, 0.05) is 44.7 Å². The van der Waals surface area contributed by atoms with Crippen molar-refractivity contribution in [3.8, 4) is 0 Å². The fourth-order valence-electron chi connectivity index (χ4n) is 4.29. The summed E-state index contributed by atoms with van der Waals surface area (Å²) in [6.45, 7) is 7.46. The molecule has 2 fully saturated rings. The molecule has 0 aliphatic carbocycles. The zero-order valence-electron chi connectivity index (χ0n) is 16.8. The molecule has 28 heavy (non-hydrogen) atoms. The van der Waals surface area contributed by atoms with Gasteiger partial charge in [0.15, 0.2) is 0 Å². The number of anilines is 1. The van der Waals surface area contributed by atoms with Gasteiger partial charge in [-0.25, -0.2) is 4.98 Å². The summed E-state index contributed by atoms with van der Waals surface area (Å²) >= 11 is 0. The summed E-state index contributed by atoms with van der Waals surface area (Å²) in [7, 11) is 2.09. The van der Waals surface area contributed by atoms with Gasteiger partial charge in [-0.15, -0.1) is 0 Å². The molecule has 3 heterocycles. The van der Waals surface area contributed by atoms with E-state index in [0.717, 1.165) is 57.9 Å². The molecule has 0 saturated carbocycles. The van der Waals surface area contributed by atoms with Crippen molar-refractivity contribution in [2.24, 2.45) is 0 Å². The lowest BCUT2D eigenvalue weighted by atomic mass is 9.76. The Balaban J connectivity index is 1.52. The van der Waals surface area contributed by atoms with E-state index in [0.29, 0.717) is 5.69 Å². The smallest absolute Gasteiger partial charge is 0.274 e. The SMILES string of the molecule is CN1CCN(C(=O)c2cncc(N3CCC[C@@](C)(c4ccccc4)C3)n2)CC1. The number of piperazine rings is 1. The molecule has 0 spiro atoms. The first-order valence-electron chi connectivity index (χ1n) is 10.2. The fraction of sp³-hybridized carbons (Fsp3) is 0.500. The van der Waals surface area contributed by atoms with E-state index in [-0.39, 0.29) is 11.3 Å². The fourth-order valence-corrected chi connectivity index (χ4v) is 4.29. The Morgan fingerprint density at radius 1 is 1.04 bits per heavy atom. The number of hydrogen-bond acceptors (Lipinski definition) is 5. The molecule has 0 unspecified atom stereocenters. The number of hydrogen-bond donors (Lipinski definition) is 0. The lowest BCUT2D eigenvalue weighted by Gasteiger charge is -2.41. The third-order valence-corrected chi connectivity index (χ3v) is 6.12. The van der Waals surface area contributed by atoms with Crippen molar-refractivity contribution in [1.82, 2.24) is 19.8 Å². The van der Waals surface area contributed by atoms with E-state index in [9.17, 15) is 4.79 Å². The predicted molar refractivity (Wildman–Crippen MR) is 111 cm³/mol. The number of carbonyl (C=O) groups is 1. The second-order valence-corrected chi connectivity index (χ2v) is 8.31. The highest BCUT2D eigenvalue weighted by atomic mass is 16.2. The van der Waals surface area contributed by atoms with Crippen molar-refractivity contribution >= 4 is 11.7 Å². The first-order chi connectivity index (χ1) is 13.5. The van der Waals surface area contributed by atoms with Crippen LogP contribution in [0.3, 0.4) is 0 Å². The van der Waals surface area contributed by atoms with Crippen LogP contribution < -0.4 is 4.90 Å². The third kappa shape index (κ3) is 3.87. The average Bonchev–Trinajstić information content (AvgIpc) is 2.74. The predicted octanol–water partition coefficient (Wildman–Crippen LogP) is 2.42. The van der Waals surface area contributed by atoms with Crippen LogP contribution in [0.4, 0.5) is 5.82 Å². The van der Waals surface area contributed by atoms with Crippen molar-refractivity contribution in [2.45, 2.75) is 25.2 Å². The second-order valence-electron chi connectivity index (χ2n) is 8.31. The molecule has 1 atom stereocenters. The molecule has 2 aliphatic heterocycles. The largest absolute Gasteiger partial charge is 0.354 e. The topological polar surface area (TPSA) is 52.6 Å². The Labute approximate surface area is 167 Å². The van der Waals surface area contributed by atoms with E-state index in [1.807, 2.05) is 4.90 Å². The molecule has 2 aromatic rings. The van der Waals surface area contributed by atoms with Gasteiger partial charge in [0.2, 0.25) is 0 Å². The number of likely N-dealkylation sites (N-methyl/N-ethyl adjacent to an activating group) is 1. The molecule has 0 N–H and O–H groups in total. The van der Waals surface area contributed by atoms with Gasteiger partial charge in [-0.3, -0.25) is 9.78 Å². The van der Waals surface area contributed by atoms with Crippen molar-refractivity contribution in [1.29, 1.82) is 0 Å². The van der Waals surface area contributed by atoms with Gasteiger partial charge in [-0.1, -0.05) is 37.3 Å². The van der Waals surface area contributed by atoms with Crippen LogP contribution >= 0.6 is 0 Å². The van der Waals surface area contributed by atoms with E-state index in [1.165, 1.54) is 5.56 Å². The molecule has 2 aliphatic rings. The van der Waals surface area contributed by atoms with Crippen molar-refractivity contribution in [3.63, 3.8) is 0 Å². The third-order valence-electron chi connectivity index (χ3n) is 6.12. The van der Waals surface area contributed by atoms with Crippen LogP contribution in [-0.4, -0.2) is 72.0 Å². The maximum atomic E-state index is 12.9. The molecule has 0 bridgehead atoms. The van der Waals surface area contributed by atoms with Crippen molar-refractivity contribution in [3.05, 3.63) is 54.0 Å². The first-order valence-corrected chi connectivity index (χ1v) is 10.2. The van der Waals surface area contributed by atoms with E-state index in [4.69, 9.17) is 4.98 Å². The average molecular weight is 380 g/mol. The van der Waals surface area contributed by atoms with Gasteiger partial charge in [0.05, 0.1) is 12.4 Å². The quantitative estimate of drug-likeness (QED) is 0.820. The highest BCUT2D eigenvalue weighted by Crippen LogP contribution is 2.35. The summed E-state index contributed by atoms with van der Waals surface area (Å²) in [5, 5.41) is 0. The molecular weight excluding hydrogens is 350 g/mol. The number of aromatic nitrogens is 2. The molecule has 1 aromatic heterocycles. The Morgan fingerprint density at radius 2 is 1.79 bits per heavy atom. The van der Waals surface area contributed by atoms with E-state index in [2.05, 4.69) is 59.1 Å². The van der Waals surface area contributed by atoms with Crippen LogP contribution in [0, 0.1) is 0 Å². The summed E-state index contributed by atoms with van der Waals surface area (Å²) in [5.41, 5.74) is 1.89. The summed E-state index contributed by atoms with van der Waals surface area (Å²) in [6.07, 6.45) is 5.65. The number of amides is 1. The molecule has 6 nitrogen and oxygen atoms in total. The van der Waals surface area contributed by atoms with Crippen molar-refractivity contribution in [2.75, 3.05) is 51.2 Å². The van der Waals surface area contributed by atoms with Crippen LogP contribution in [0.25, 0.3) is 0 Å². The van der Waals surface area contributed by atoms with Gasteiger partial charge >= 0.3 is 0 Å². The number of carbonyl (C=O) groups excluding carboxylic acids is 1. The molecule has 6 heteroatoms. The molecule has 2 saturated heterocycles. The first kappa shape index (κ1) is 18.9. The maximum Gasteiger partial charge on any atom is 0.274 e. The minimum Gasteiger partial charge on any atom is -0.354 e. The van der Waals surface area contributed by atoms with E-state index in [1.54, 1.807) is 12.4 Å². The van der Waals surface area contributed by atoms with E-state index < -0.39 is 0 Å². The standard InChI is InChI=1S/C22H29N5O/c1-22(18-7-4-3-5-8-18)9-6-10-27(17-22)20-16-23-15-19(24-20)21(28)26-13-11-25(2)12-14-26/h3-5,7-8,15-16H,6,9-14,17H2,1-2H3/t22-/m1/s1. The van der Waals surface area contributed by atoms with Gasteiger partial charge in [-0.05, 0) is 25.5 Å². The Morgan fingerprint density at radius 3 is 2.54 bits per heavy atom. The second kappa shape index (κ2) is 7.87. The summed E-state index contributed by atoms with van der Waals surface area (Å²) < 4.78 is 0. The Kier molecular flexibility index (Phi) is 5.31. The van der Waals surface area contributed by atoms with Crippen LogP contribution in [0.1, 0.15) is 35.8 Å². The Bertz CT molecular complexity index is 819. The zero-order chi connectivity index (χ0) is 19.6. The molecule has 148 valence electrons. The van der Waals surface area contributed by atoms with Gasteiger partial charge in [0.1, 0.15) is 11.5 Å². The molecule has 1 aromatic carbocycles. The minimum absolute atomic E-state index is 0.00900. The zero-order valence-corrected chi connectivity index (χ0v) is 16.8. The lowest BCUT2D eigenvalue weighted by Crippen LogP contribution is -2.47. The molecule has 1 amide bonds. The minimum atomic E-state index is -0.00900. The van der Waals surface area contributed by atoms with Crippen LogP contribution in [-0.2, 0) is 5.41 Å². The number of benzene rings is 1. The van der Waals surface area contributed by atoms with Gasteiger partial charge in [-0.2, -0.15) is 0 Å². The van der Waals surface area contributed by atoms with Gasteiger partial charge < -0.3 is 14.7 Å². The number of nitrogens with zero attached hydrogens (tertiary/aromatic N) is 5. The highest BCUT2D eigenvalue weighted by Gasteiger charge is 2.33. The maximum absolute atomic E-state index is 12.9. The van der Waals surface area contributed by atoms with Crippen molar-refractivity contribution < 1.29 is 4.79 Å². The monoisotopic (exact) mass is 379 g/mol. The van der Waals surface area contributed by atoms with Crippen LogP contribution in [0.5, 0.6) is 0 Å². The van der Waals surface area contributed by atoms with Crippen LogP contribution in [0.15, 0.2) is 42.7 Å². The van der Waals surface area contributed by atoms with E-state index >= 15 is 0 Å². The molecular formula is C22H29N5O. The molecule has 4 rings (SSSR count). The normalized spacial score (nSPS) is 23.6. The lowest BCUT2D eigenvalue weighted by molar-refractivity contribution is 0.0658. The number of rotatable bonds is 3. The summed E-state index contributed by atoms with van der Waals surface area (Å²) in [6, 6.07) is 10.7. The van der Waals surface area contributed by atoms with Crippen LogP contribution in [0.2, 0.25) is 0 Å².